The molecule has 0 aliphatic carbocycles. The van der Waals surface area contributed by atoms with E-state index in [4.69, 9.17) is 0 Å². The Bertz CT molecular complexity index is 775. The highest BCUT2D eigenvalue weighted by Gasteiger charge is 2.31. The minimum atomic E-state index is -0.635. The Morgan fingerprint density at radius 2 is 1.96 bits per heavy atom. The first-order valence-electron chi connectivity index (χ1n) is 7.96. The van der Waals surface area contributed by atoms with E-state index in [1.54, 1.807) is 12.1 Å². The first kappa shape index (κ1) is 16.2. The first-order chi connectivity index (χ1) is 11.5. The van der Waals surface area contributed by atoms with Crippen LogP contribution in [0.1, 0.15) is 23.5 Å². The second-order valence-corrected chi connectivity index (χ2v) is 6.06. The summed E-state index contributed by atoms with van der Waals surface area (Å²) in [5.41, 5.74) is 2.40. The molecule has 1 fully saturated rings. The van der Waals surface area contributed by atoms with Gasteiger partial charge in [-0.1, -0.05) is 30.3 Å². The van der Waals surface area contributed by atoms with Gasteiger partial charge >= 0.3 is 11.8 Å². The lowest BCUT2D eigenvalue weighted by molar-refractivity contribution is -0.142. The van der Waals surface area contributed by atoms with E-state index in [1.807, 2.05) is 31.2 Å². The fraction of sp³-hybridized carbons (Fsp3) is 0.263. The summed E-state index contributed by atoms with van der Waals surface area (Å²) in [4.78, 5) is 26.1. The van der Waals surface area contributed by atoms with Crippen LogP contribution in [0.4, 0.5) is 10.1 Å². The number of rotatable bonds is 2. The molecular weight excluding hydrogens is 307 g/mol. The van der Waals surface area contributed by atoms with Crippen LogP contribution < -0.4 is 5.32 Å². The molecule has 1 heterocycles. The zero-order valence-corrected chi connectivity index (χ0v) is 13.5. The highest BCUT2D eigenvalue weighted by atomic mass is 19.1. The molecule has 24 heavy (non-hydrogen) atoms. The zero-order chi connectivity index (χ0) is 17.1. The number of carbonyl (C=O) groups excluding carboxylic acids is 2. The summed E-state index contributed by atoms with van der Waals surface area (Å²) in [7, 11) is 0. The maximum atomic E-state index is 13.3. The van der Waals surface area contributed by atoms with E-state index in [0.29, 0.717) is 18.8 Å². The number of amides is 2. The normalized spacial score (nSPS) is 16.9. The minimum absolute atomic E-state index is 0.0657. The molecule has 2 aromatic rings. The van der Waals surface area contributed by atoms with Crippen LogP contribution in [0.25, 0.3) is 0 Å². The number of carbonyl (C=O) groups is 2. The van der Waals surface area contributed by atoms with Crippen molar-refractivity contribution in [2.45, 2.75) is 19.3 Å². The lowest BCUT2D eigenvalue weighted by Gasteiger charge is -2.17. The molecule has 1 atom stereocenters. The van der Waals surface area contributed by atoms with Crippen LogP contribution in [0.2, 0.25) is 0 Å². The van der Waals surface area contributed by atoms with Crippen molar-refractivity contribution in [1.82, 2.24) is 4.90 Å². The summed E-state index contributed by atoms with van der Waals surface area (Å²) in [5, 5.41) is 2.66. The van der Waals surface area contributed by atoms with Crippen molar-refractivity contribution in [2.24, 2.45) is 0 Å². The number of aryl methyl sites for hydroxylation is 1. The Hall–Kier alpha value is -2.69. The van der Waals surface area contributed by atoms with Crippen LogP contribution >= 0.6 is 0 Å². The van der Waals surface area contributed by atoms with E-state index in [-0.39, 0.29) is 11.7 Å². The number of hydrogen-bond donors (Lipinski definition) is 1. The molecule has 2 amide bonds. The van der Waals surface area contributed by atoms with Crippen LogP contribution in [0.3, 0.4) is 0 Å². The summed E-state index contributed by atoms with van der Waals surface area (Å²) in [5.74, 6) is -1.40. The van der Waals surface area contributed by atoms with Crippen LogP contribution in [0.5, 0.6) is 0 Å². The van der Waals surface area contributed by atoms with Crippen LogP contribution in [0.15, 0.2) is 48.5 Å². The number of nitrogens with one attached hydrogen (secondary N) is 1. The Kier molecular flexibility index (Phi) is 4.60. The maximum absolute atomic E-state index is 13.3. The number of likely N-dealkylation sites (tertiary alicyclic amines) is 1. The number of hydrogen-bond acceptors (Lipinski definition) is 2. The standard InChI is InChI=1S/C19H19FN2O2/c1-13-5-2-3-8-17(13)21-18(23)19(24)22-10-9-15(12-22)14-6-4-7-16(20)11-14/h2-8,11,15H,9-10,12H2,1H3,(H,21,23). The van der Waals surface area contributed by atoms with E-state index in [1.165, 1.54) is 17.0 Å². The van der Waals surface area contributed by atoms with Crippen molar-refractivity contribution in [3.8, 4) is 0 Å². The van der Waals surface area contributed by atoms with E-state index >= 15 is 0 Å². The van der Waals surface area contributed by atoms with Gasteiger partial charge in [0.2, 0.25) is 0 Å². The van der Waals surface area contributed by atoms with Crippen molar-refractivity contribution in [2.75, 3.05) is 18.4 Å². The van der Waals surface area contributed by atoms with Gasteiger partial charge in [0.1, 0.15) is 5.82 Å². The molecule has 5 heteroatoms. The fourth-order valence-electron chi connectivity index (χ4n) is 3.01. The molecule has 1 saturated heterocycles. The molecule has 0 radical (unpaired) electrons. The molecule has 1 aliphatic rings. The number of benzene rings is 2. The van der Waals surface area contributed by atoms with Gasteiger partial charge in [-0.3, -0.25) is 9.59 Å². The van der Waals surface area contributed by atoms with Gasteiger partial charge in [0.05, 0.1) is 0 Å². The fourth-order valence-corrected chi connectivity index (χ4v) is 3.01. The third-order valence-corrected chi connectivity index (χ3v) is 4.38. The largest absolute Gasteiger partial charge is 0.334 e. The van der Waals surface area contributed by atoms with Gasteiger partial charge in [0.25, 0.3) is 0 Å². The van der Waals surface area contributed by atoms with Crippen molar-refractivity contribution in [3.63, 3.8) is 0 Å². The zero-order valence-electron chi connectivity index (χ0n) is 13.5. The van der Waals surface area contributed by atoms with Crippen LogP contribution in [0, 0.1) is 12.7 Å². The molecule has 2 aromatic carbocycles. The Labute approximate surface area is 140 Å². The van der Waals surface area contributed by atoms with Gasteiger partial charge in [0.15, 0.2) is 0 Å². The Morgan fingerprint density at radius 3 is 2.71 bits per heavy atom. The van der Waals surface area contributed by atoms with Gasteiger partial charge in [-0.05, 0) is 42.7 Å². The van der Waals surface area contributed by atoms with Gasteiger partial charge in [-0.2, -0.15) is 0 Å². The molecular formula is C19H19FN2O2. The molecule has 0 aromatic heterocycles. The average Bonchev–Trinajstić information content (AvgIpc) is 3.06. The molecule has 0 spiro atoms. The molecule has 0 bridgehead atoms. The van der Waals surface area contributed by atoms with Gasteiger partial charge in [0, 0.05) is 24.7 Å². The quantitative estimate of drug-likeness (QED) is 0.862. The average molecular weight is 326 g/mol. The molecule has 1 N–H and O–H groups in total. The highest BCUT2D eigenvalue weighted by molar-refractivity contribution is 6.39. The number of para-hydroxylation sites is 1. The summed E-state index contributed by atoms with van der Waals surface area (Å²) in [6.07, 6.45) is 0.729. The SMILES string of the molecule is Cc1ccccc1NC(=O)C(=O)N1CCC(c2cccc(F)c2)C1. The van der Waals surface area contributed by atoms with Crippen molar-refractivity contribution in [3.05, 3.63) is 65.5 Å². The van der Waals surface area contributed by atoms with Gasteiger partial charge < -0.3 is 10.2 Å². The van der Waals surface area contributed by atoms with Gasteiger partial charge in [-0.15, -0.1) is 0 Å². The predicted octanol–water partition coefficient (Wildman–Crippen LogP) is 3.09. The second-order valence-electron chi connectivity index (χ2n) is 6.06. The van der Waals surface area contributed by atoms with Crippen molar-refractivity contribution >= 4 is 17.5 Å². The first-order valence-corrected chi connectivity index (χ1v) is 7.96. The van der Waals surface area contributed by atoms with Crippen molar-refractivity contribution in [1.29, 1.82) is 0 Å². The molecule has 4 nitrogen and oxygen atoms in total. The van der Waals surface area contributed by atoms with Crippen molar-refractivity contribution < 1.29 is 14.0 Å². The summed E-state index contributed by atoms with van der Waals surface area (Å²) < 4.78 is 13.3. The number of halogens is 1. The third kappa shape index (κ3) is 3.45. The van der Waals surface area contributed by atoms with E-state index in [9.17, 15) is 14.0 Å². The van der Waals surface area contributed by atoms with E-state index in [2.05, 4.69) is 5.32 Å². The number of nitrogens with zero attached hydrogens (tertiary/aromatic N) is 1. The minimum Gasteiger partial charge on any atom is -0.334 e. The number of anilines is 1. The smallest absolute Gasteiger partial charge is 0.313 e. The van der Waals surface area contributed by atoms with Gasteiger partial charge in [-0.25, -0.2) is 4.39 Å². The third-order valence-electron chi connectivity index (χ3n) is 4.38. The Morgan fingerprint density at radius 1 is 1.17 bits per heavy atom. The molecule has 0 saturated carbocycles. The monoisotopic (exact) mass is 326 g/mol. The molecule has 1 unspecified atom stereocenters. The Balaban J connectivity index is 1.64. The van der Waals surface area contributed by atoms with E-state index < -0.39 is 11.8 Å². The molecule has 3 rings (SSSR count). The molecule has 124 valence electrons. The van der Waals surface area contributed by atoms with E-state index in [0.717, 1.165) is 17.5 Å². The topological polar surface area (TPSA) is 49.4 Å². The van der Waals surface area contributed by atoms with Crippen LogP contribution in [-0.4, -0.2) is 29.8 Å². The summed E-state index contributed by atoms with van der Waals surface area (Å²) in [6, 6.07) is 13.7. The summed E-state index contributed by atoms with van der Waals surface area (Å²) >= 11 is 0. The maximum Gasteiger partial charge on any atom is 0.313 e. The molecule has 1 aliphatic heterocycles. The lowest BCUT2D eigenvalue weighted by Crippen LogP contribution is -2.38. The summed E-state index contributed by atoms with van der Waals surface area (Å²) in [6.45, 7) is 2.81. The predicted molar refractivity (Wildman–Crippen MR) is 90.1 cm³/mol. The second kappa shape index (κ2) is 6.83. The highest BCUT2D eigenvalue weighted by Crippen LogP contribution is 2.27. The van der Waals surface area contributed by atoms with Crippen LogP contribution in [-0.2, 0) is 9.59 Å². The lowest BCUT2D eigenvalue weighted by atomic mass is 9.98.